The number of esters is 2. The van der Waals surface area contributed by atoms with Gasteiger partial charge in [-0.3, -0.25) is 0 Å². The van der Waals surface area contributed by atoms with Crippen LogP contribution in [0, 0.1) is 0 Å². The Balaban J connectivity index is 0.000000793. The zero-order chi connectivity index (χ0) is 29.7. The quantitative estimate of drug-likeness (QED) is 0.0799. The molecule has 0 N–H and O–H groups in total. The summed E-state index contributed by atoms with van der Waals surface area (Å²) in [6.45, 7) is 14.5. The molecule has 0 bridgehead atoms. The Bertz CT molecular complexity index is 624. The van der Waals surface area contributed by atoms with E-state index in [-0.39, 0.29) is 25.3 Å². The Labute approximate surface area is 244 Å². The highest BCUT2D eigenvalue weighted by Gasteiger charge is 2.18. The summed E-state index contributed by atoms with van der Waals surface area (Å²) in [5.41, 5.74) is 0. The molecule has 1 heterocycles. The number of ether oxygens (including phenoxy) is 6. The maximum atomic E-state index is 11.0. The lowest BCUT2D eigenvalue weighted by Gasteiger charge is -2.16. The summed E-state index contributed by atoms with van der Waals surface area (Å²) < 4.78 is 31.3. The van der Waals surface area contributed by atoms with Gasteiger partial charge in [0.2, 0.25) is 6.29 Å². The fraction of sp³-hybridized carbons (Fsp3) is 0.812. The smallest absolute Gasteiger partial charge is 0.332 e. The van der Waals surface area contributed by atoms with Gasteiger partial charge in [0, 0.05) is 18.8 Å². The van der Waals surface area contributed by atoms with E-state index in [4.69, 9.17) is 28.4 Å². The Hall–Kier alpha value is -1.74. The molecule has 1 aliphatic rings. The van der Waals surface area contributed by atoms with E-state index >= 15 is 0 Å². The lowest BCUT2D eigenvalue weighted by Crippen LogP contribution is -2.27. The van der Waals surface area contributed by atoms with Crippen LogP contribution < -0.4 is 0 Å². The Morgan fingerprint density at radius 2 is 1.23 bits per heavy atom. The highest BCUT2D eigenvalue weighted by atomic mass is 16.7. The molecule has 8 heteroatoms. The molecule has 0 radical (unpaired) electrons. The summed E-state index contributed by atoms with van der Waals surface area (Å²) in [6.07, 6.45) is 21.4. The first-order chi connectivity index (χ1) is 19.5. The van der Waals surface area contributed by atoms with Gasteiger partial charge in [-0.1, -0.05) is 104 Å². The minimum atomic E-state index is -0.732. The van der Waals surface area contributed by atoms with Crippen molar-refractivity contribution in [3.05, 3.63) is 25.3 Å². The molecule has 0 spiro atoms. The first kappa shape index (κ1) is 38.3. The SMILES string of the molecule is C=CC(=O)OC(C)CCCCCCCCCCCCCCCC.C=CC(=O)OC1COCC(OCC)OCCO1. The molecule has 0 aromatic heterocycles. The number of hydrogen-bond acceptors (Lipinski definition) is 8. The van der Waals surface area contributed by atoms with Crippen LogP contribution >= 0.6 is 0 Å². The average Bonchev–Trinajstić information content (AvgIpc) is 3.05. The van der Waals surface area contributed by atoms with Gasteiger partial charge in [-0.2, -0.15) is 0 Å². The lowest BCUT2D eigenvalue weighted by atomic mass is 10.0. The van der Waals surface area contributed by atoms with E-state index in [1.807, 2.05) is 13.8 Å². The molecule has 1 fully saturated rings. The largest absolute Gasteiger partial charge is 0.460 e. The van der Waals surface area contributed by atoms with Crippen LogP contribution in [0.15, 0.2) is 25.3 Å². The number of carbonyl (C=O) groups is 2. The second kappa shape index (κ2) is 28.8. The van der Waals surface area contributed by atoms with Crippen LogP contribution in [0.4, 0.5) is 0 Å². The summed E-state index contributed by atoms with van der Waals surface area (Å²) in [5.74, 6) is -0.844. The predicted molar refractivity (Wildman–Crippen MR) is 159 cm³/mol. The Morgan fingerprint density at radius 3 is 1.73 bits per heavy atom. The van der Waals surface area contributed by atoms with Gasteiger partial charge >= 0.3 is 11.9 Å². The summed E-state index contributed by atoms with van der Waals surface area (Å²) in [7, 11) is 0. The molecule has 0 saturated carbocycles. The zero-order valence-corrected chi connectivity index (χ0v) is 25.7. The summed E-state index contributed by atoms with van der Waals surface area (Å²) in [6, 6.07) is 0. The molecule has 8 nitrogen and oxygen atoms in total. The van der Waals surface area contributed by atoms with E-state index in [0.717, 1.165) is 18.9 Å². The second-order valence-corrected chi connectivity index (χ2v) is 10.1. The van der Waals surface area contributed by atoms with Crippen LogP contribution in [-0.2, 0) is 38.0 Å². The molecule has 0 aromatic rings. The third kappa shape index (κ3) is 25.2. The summed E-state index contributed by atoms with van der Waals surface area (Å²) >= 11 is 0. The van der Waals surface area contributed by atoms with Crippen molar-refractivity contribution >= 4 is 11.9 Å². The number of unbranched alkanes of at least 4 members (excludes halogenated alkanes) is 13. The Morgan fingerprint density at radius 1 is 0.750 bits per heavy atom. The third-order valence-electron chi connectivity index (χ3n) is 6.41. The highest BCUT2D eigenvalue weighted by Crippen LogP contribution is 2.14. The van der Waals surface area contributed by atoms with Crippen molar-refractivity contribution < 1.29 is 38.0 Å². The van der Waals surface area contributed by atoms with Gasteiger partial charge in [-0.25, -0.2) is 9.59 Å². The molecule has 3 unspecified atom stereocenters. The van der Waals surface area contributed by atoms with Crippen molar-refractivity contribution in [1.29, 1.82) is 0 Å². The number of hydrogen-bond donors (Lipinski definition) is 0. The molecule has 0 amide bonds. The molecular weight excluding hydrogens is 512 g/mol. The molecule has 40 heavy (non-hydrogen) atoms. The lowest BCUT2D eigenvalue weighted by molar-refractivity contribution is -0.185. The van der Waals surface area contributed by atoms with Crippen LogP contribution in [0.1, 0.15) is 117 Å². The van der Waals surface area contributed by atoms with Gasteiger partial charge in [-0.05, 0) is 26.7 Å². The van der Waals surface area contributed by atoms with Crippen molar-refractivity contribution in [2.75, 3.05) is 33.0 Å². The van der Waals surface area contributed by atoms with E-state index in [1.54, 1.807) is 0 Å². The van der Waals surface area contributed by atoms with Gasteiger partial charge in [-0.15, -0.1) is 0 Å². The summed E-state index contributed by atoms with van der Waals surface area (Å²) in [4.78, 5) is 22.0. The van der Waals surface area contributed by atoms with Crippen molar-refractivity contribution in [1.82, 2.24) is 0 Å². The number of rotatable bonds is 21. The van der Waals surface area contributed by atoms with Crippen molar-refractivity contribution in [2.45, 2.75) is 136 Å². The van der Waals surface area contributed by atoms with Gasteiger partial charge < -0.3 is 28.4 Å². The van der Waals surface area contributed by atoms with Crippen molar-refractivity contribution in [2.24, 2.45) is 0 Å². The van der Waals surface area contributed by atoms with Crippen molar-refractivity contribution in [3.8, 4) is 0 Å². The first-order valence-corrected chi connectivity index (χ1v) is 15.5. The minimum Gasteiger partial charge on any atom is -0.460 e. The second-order valence-electron chi connectivity index (χ2n) is 10.1. The monoisotopic (exact) mass is 570 g/mol. The van der Waals surface area contributed by atoms with Crippen LogP contribution in [0.5, 0.6) is 0 Å². The fourth-order valence-electron chi connectivity index (χ4n) is 4.18. The van der Waals surface area contributed by atoms with Crippen LogP contribution in [0.25, 0.3) is 0 Å². The predicted octanol–water partition coefficient (Wildman–Crippen LogP) is 7.44. The average molecular weight is 571 g/mol. The van der Waals surface area contributed by atoms with Crippen LogP contribution in [-0.4, -0.2) is 63.7 Å². The van der Waals surface area contributed by atoms with Crippen LogP contribution in [0.3, 0.4) is 0 Å². The molecule has 3 atom stereocenters. The summed E-state index contributed by atoms with van der Waals surface area (Å²) in [5, 5.41) is 0. The topological polar surface area (TPSA) is 89.5 Å². The molecule has 0 aromatic carbocycles. The van der Waals surface area contributed by atoms with Crippen molar-refractivity contribution in [3.63, 3.8) is 0 Å². The fourth-order valence-corrected chi connectivity index (χ4v) is 4.18. The molecule has 1 rings (SSSR count). The van der Waals surface area contributed by atoms with E-state index in [2.05, 4.69) is 20.1 Å². The van der Waals surface area contributed by atoms with E-state index in [0.29, 0.717) is 19.8 Å². The maximum Gasteiger partial charge on any atom is 0.332 e. The minimum absolute atomic E-state index is 0.0258. The maximum absolute atomic E-state index is 11.0. The molecule has 234 valence electrons. The highest BCUT2D eigenvalue weighted by molar-refractivity contribution is 5.81. The molecule has 0 aliphatic carbocycles. The zero-order valence-electron chi connectivity index (χ0n) is 25.7. The van der Waals surface area contributed by atoms with Gasteiger partial charge in [0.05, 0.1) is 25.9 Å². The van der Waals surface area contributed by atoms with E-state index < -0.39 is 18.5 Å². The van der Waals surface area contributed by atoms with Gasteiger partial charge in [0.1, 0.15) is 6.61 Å². The van der Waals surface area contributed by atoms with E-state index in [9.17, 15) is 9.59 Å². The molecule has 1 saturated heterocycles. The third-order valence-corrected chi connectivity index (χ3v) is 6.41. The molecule has 1 aliphatic heterocycles. The number of carbonyl (C=O) groups excluding carboxylic acids is 2. The standard InChI is InChI=1S/C21H40O2.C11H18O6/c1-4-6-7-8-9-10-11-12-13-14-15-16-17-18-19-20(3)23-21(22)5-2;1-3-9(12)17-11-8-13-7-10(14-4-2)15-5-6-16-11/h5,20H,2,4,6-19H2,1,3H3;3,10-11H,1,4-8H2,2H3. The Kier molecular flexibility index (Phi) is 27.5. The normalized spacial score (nSPS) is 18.2. The van der Waals surface area contributed by atoms with Gasteiger partial charge in [0.25, 0.3) is 0 Å². The van der Waals surface area contributed by atoms with Gasteiger partial charge in [0.15, 0.2) is 6.29 Å². The van der Waals surface area contributed by atoms with E-state index in [1.165, 1.54) is 89.5 Å². The first-order valence-electron chi connectivity index (χ1n) is 15.5. The molecular formula is C32H58O8. The van der Waals surface area contributed by atoms with Crippen LogP contribution in [0.2, 0.25) is 0 Å².